The highest BCUT2D eigenvalue weighted by atomic mass is 16.1. The molecule has 0 bridgehead atoms. The Morgan fingerprint density at radius 2 is 2.44 bits per heavy atom. The van der Waals surface area contributed by atoms with E-state index >= 15 is 0 Å². The van der Waals surface area contributed by atoms with Crippen molar-refractivity contribution in [1.82, 2.24) is 20.2 Å². The Hall–Kier alpha value is -1.36. The van der Waals surface area contributed by atoms with Crippen LogP contribution in [0.5, 0.6) is 0 Å². The molecule has 1 aromatic rings. The lowest BCUT2D eigenvalue weighted by molar-refractivity contribution is -0.121. The van der Waals surface area contributed by atoms with Crippen molar-refractivity contribution in [2.45, 2.75) is 31.8 Å². The third-order valence-electron chi connectivity index (χ3n) is 2.69. The average molecular weight is 222 g/mol. The van der Waals surface area contributed by atoms with Gasteiger partial charge in [-0.1, -0.05) is 0 Å². The van der Waals surface area contributed by atoms with E-state index in [-0.39, 0.29) is 5.91 Å². The first kappa shape index (κ1) is 11.1. The third-order valence-corrected chi connectivity index (χ3v) is 2.69. The minimum atomic E-state index is 0.153. The smallest absolute Gasteiger partial charge is 0.221 e. The third kappa shape index (κ3) is 3.34. The van der Waals surface area contributed by atoms with Crippen LogP contribution in [0, 0.1) is 0 Å². The number of carbonyl (C=O) groups is 1. The second kappa shape index (κ2) is 5.12. The molecule has 0 aliphatic heterocycles. The van der Waals surface area contributed by atoms with Crippen LogP contribution in [0.4, 0.5) is 0 Å². The molecule has 0 radical (unpaired) electrons. The van der Waals surface area contributed by atoms with E-state index < -0.39 is 0 Å². The fourth-order valence-electron chi connectivity index (χ4n) is 1.50. The van der Waals surface area contributed by atoms with E-state index in [0.717, 1.165) is 25.1 Å². The summed E-state index contributed by atoms with van der Waals surface area (Å²) in [4.78, 5) is 15.4. The van der Waals surface area contributed by atoms with Crippen LogP contribution in [0.15, 0.2) is 12.5 Å². The van der Waals surface area contributed by atoms with E-state index in [2.05, 4.69) is 15.6 Å². The van der Waals surface area contributed by atoms with Gasteiger partial charge in [-0.3, -0.25) is 4.79 Å². The van der Waals surface area contributed by atoms with Gasteiger partial charge in [-0.25, -0.2) is 4.98 Å². The maximum absolute atomic E-state index is 11.4. The van der Waals surface area contributed by atoms with Gasteiger partial charge in [0.25, 0.3) is 0 Å². The molecule has 16 heavy (non-hydrogen) atoms. The number of nitrogens with one attached hydrogen (secondary N) is 2. The van der Waals surface area contributed by atoms with Crippen LogP contribution in [-0.4, -0.2) is 28.0 Å². The summed E-state index contributed by atoms with van der Waals surface area (Å²) in [5, 5.41) is 6.19. The SMILES string of the molecule is Cn1cncc1CNCCC(=O)NC1CC1. The minimum absolute atomic E-state index is 0.153. The maximum Gasteiger partial charge on any atom is 0.221 e. The molecule has 1 aliphatic rings. The van der Waals surface area contributed by atoms with Crippen LogP contribution in [0.1, 0.15) is 25.0 Å². The number of aromatic nitrogens is 2. The molecule has 0 atom stereocenters. The minimum Gasteiger partial charge on any atom is -0.353 e. The molecular weight excluding hydrogens is 204 g/mol. The molecule has 88 valence electrons. The van der Waals surface area contributed by atoms with Gasteiger partial charge in [0.05, 0.1) is 12.0 Å². The van der Waals surface area contributed by atoms with Crippen LogP contribution in [0.3, 0.4) is 0 Å². The summed E-state index contributed by atoms with van der Waals surface area (Å²) < 4.78 is 1.97. The van der Waals surface area contributed by atoms with Gasteiger partial charge >= 0.3 is 0 Å². The molecule has 1 aliphatic carbocycles. The zero-order chi connectivity index (χ0) is 11.4. The Labute approximate surface area is 95.2 Å². The first-order valence-electron chi connectivity index (χ1n) is 5.71. The van der Waals surface area contributed by atoms with Crippen LogP contribution in [0.2, 0.25) is 0 Å². The average Bonchev–Trinajstić information content (AvgIpc) is 2.96. The standard InChI is InChI=1S/C11H18N4O/c1-15-8-13-7-10(15)6-12-5-4-11(16)14-9-2-3-9/h7-9,12H,2-6H2,1H3,(H,14,16). The van der Waals surface area contributed by atoms with Gasteiger partial charge in [0.2, 0.25) is 5.91 Å². The monoisotopic (exact) mass is 222 g/mol. The van der Waals surface area contributed by atoms with Gasteiger partial charge < -0.3 is 15.2 Å². The summed E-state index contributed by atoms with van der Waals surface area (Å²) in [6.45, 7) is 1.47. The molecule has 1 heterocycles. The molecule has 2 rings (SSSR count). The molecule has 2 N–H and O–H groups in total. The predicted octanol–water partition coefficient (Wildman–Crippen LogP) is 0.178. The van der Waals surface area contributed by atoms with E-state index in [1.807, 2.05) is 17.8 Å². The predicted molar refractivity (Wildman–Crippen MR) is 60.7 cm³/mol. The summed E-state index contributed by atoms with van der Waals surface area (Å²) >= 11 is 0. The number of rotatable bonds is 6. The number of hydrogen-bond acceptors (Lipinski definition) is 3. The molecule has 0 saturated heterocycles. The molecule has 1 amide bonds. The molecule has 1 aromatic heterocycles. The van der Waals surface area contributed by atoms with Crippen molar-refractivity contribution >= 4 is 5.91 Å². The summed E-state index contributed by atoms with van der Waals surface area (Å²) in [5.74, 6) is 0.153. The number of amides is 1. The van der Waals surface area contributed by atoms with Crippen LogP contribution >= 0.6 is 0 Å². The van der Waals surface area contributed by atoms with Crippen molar-refractivity contribution in [2.24, 2.45) is 7.05 Å². The second-order valence-corrected chi connectivity index (χ2v) is 4.26. The molecule has 0 aromatic carbocycles. The molecule has 0 spiro atoms. The van der Waals surface area contributed by atoms with E-state index in [1.165, 1.54) is 0 Å². The van der Waals surface area contributed by atoms with Crippen LogP contribution in [0.25, 0.3) is 0 Å². The summed E-state index contributed by atoms with van der Waals surface area (Å²) in [6, 6.07) is 0.463. The number of carbonyl (C=O) groups excluding carboxylic acids is 1. The van der Waals surface area contributed by atoms with Crippen molar-refractivity contribution in [3.8, 4) is 0 Å². The Kier molecular flexibility index (Phi) is 3.56. The van der Waals surface area contributed by atoms with Gasteiger partial charge in [-0.05, 0) is 12.8 Å². The summed E-state index contributed by atoms with van der Waals surface area (Å²) in [7, 11) is 1.96. The Bertz CT molecular complexity index is 357. The van der Waals surface area contributed by atoms with Crippen molar-refractivity contribution in [2.75, 3.05) is 6.54 Å². The number of imidazole rings is 1. The fourth-order valence-corrected chi connectivity index (χ4v) is 1.50. The Balaban J connectivity index is 1.57. The van der Waals surface area contributed by atoms with E-state index in [4.69, 9.17) is 0 Å². The van der Waals surface area contributed by atoms with Gasteiger partial charge in [-0.2, -0.15) is 0 Å². The molecule has 1 saturated carbocycles. The van der Waals surface area contributed by atoms with Crippen molar-refractivity contribution in [1.29, 1.82) is 0 Å². The van der Waals surface area contributed by atoms with Gasteiger partial charge in [-0.15, -0.1) is 0 Å². The highest BCUT2D eigenvalue weighted by Gasteiger charge is 2.22. The quantitative estimate of drug-likeness (QED) is 0.675. The molecule has 0 unspecified atom stereocenters. The van der Waals surface area contributed by atoms with Crippen molar-refractivity contribution < 1.29 is 4.79 Å². The largest absolute Gasteiger partial charge is 0.353 e. The highest BCUT2D eigenvalue weighted by molar-refractivity contribution is 5.76. The topological polar surface area (TPSA) is 59.0 Å². The summed E-state index contributed by atoms with van der Waals surface area (Å²) in [6.07, 6.45) is 6.45. The van der Waals surface area contributed by atoms with Gasteiger partial charge in [0.15, 0.2) is 0 Å². The Morgan fingerprint density at radius 3 is 3.06 bits per heavy atom. The van der Waals surface area contributed by atoms with E-state index in [9.17, 15) is 4.79 Å². The molecule has 5 heteroatoms. The van der Waals surface area contributed by atoms with Crippen molar-refractivity contribution in [3.63, 3.8) is 0 Å². The number of nitrogens with zero attached hydrogens (tertiary/aromatic N) is 2. The van der Waals surface area contributed by atoms with E-state index in [1.54, 1.807) is 6.33 Å². The lowest BCUT2D eigenvalue weighted by Gasteiger charge is -2.05. The number of aryl methyl sites for hydroxylation is 1. The summed E-state index contributed by atoms with van der Waals surface area (Å²) in [5.41, 5.74) is 1.13. The van der Waals surface area contributed by atoms with Crippen LogP contribution < -0.4 is 10.6 Å². The fraction of sp³-hybridized carbons (Fsp3) is 0.636. The molecule has 1 fully saturated rings. The van der Waals surface area contributed by atoms with E-state index in [0.29, 0.717) is 19.0 Å². The molecule has 5 nitrogen and oxygen atoms in total. The second-order valence-electron chi connectivity index (χ2n) is 4.26. The zero-order valence-corrected chi connectivity index (χ0v) is 9.57. The first-order chi connectivity index (χ1) is 7.75. The molecular formula is C11H18N4O. The Morgan fingerprint density at radius 1 is 1.62 bits per heavy atom. The maximum atomic E-state index is 11.4. The normalized spacial score (nSPS) is 15.1. The zero-order valence-electron chi connectivity index (χ0n) is 9.57. The lowest BCUT2D eigenvalue weighted by Crippen LogP contribution is -2.29. The number of hydrogen-bond donors (Lipinski definition) is 2. The van der Waals surface area contributed by atoms with Gasteiger partial charge in [0, 0.05) is 38.8 Å². The highest BCUT2D eigenvalue weighted by Crippen LogP contribution is 2.18. The van der Waals surface area contributed by atoms with Crippen LogP contribution in [-0.2, 0) is 18.4 Å². The lowest BCUT2D eigenvalue weighted by atomic mass is 10.3. The van der Waals surface area contributed by atoms with Crippen molar-refractivity contribution in [3.05, 3.63) is 18.2 Å². The van der Waals surface area contributed by atoms with Gasteiger partial charge in [0.1, 0.15) is 0 Å². The first-order valence-corrected chi connectivity index (χ1v) is 5.71.